The van der Waals surface area contributed by atoms with E-state index in [1.807, 2.05) is 12.1 Å². The molecule has 0 radical (unpaired) electrons. The first-order valence-electron chi connectivity index (χ1n) is 14.1. The predicted octanol–water partition coefficient (Wildman–Crippen LogP) is 3.93. The Balaban J connectivity index is 1.55. The van der Waals surface area contributed by atoms with Gasteiger partial charge in [-0.2, -0.15) is 4.98 Å². The van der Waals surface area contributed by atoms with Gasteiger partial charge in [0.05, 0.1) is 26.3 Å². The molecule has 4 rings (SSSR count). The molecule has 0 amide bonds. The second-order valence-electron chi connectivity index (χ2n) is 10.7. The first-order chi connectivity index (χ1) is 18.9. The van der Waals surface area contributed by atoms with Gasteiger partial charge in [0.1, 0.15) is 5.82 Å². The maximum atomic E-state index is 11.8. The van der Waals surface area contributed by atoms with Gasteiger partial charge in [-0.1, -0.05) is 6.58 Å². The molecule has 2 aliphatic heterocycles. The average Bonchev–Trinajstić information content (AvgIpc) is 3.47. The Bertz CT molecular complexity index is 1130. The van der Waals surface area contributed by atoms with Crippen molar-refractivity contribution in [1.29, 1.82) is 0 Å². The fourth-order valence-electron chi connectivity index (χ4n) is 5.23. The van der Waals surface area contributed by atoms with E-state index in [2.05, 4.69) is 40.9 Å². The summed E-state index contributed by atoms with van der Waals surface area (Å²) in [5.74, 6) is 1.98. The Morgan fingerprint density at radius 2 is 1.85 bits per heavy atom. The summed E-state index contributed by atoms with van der Waals surface area (Å²) in [6.07, 6.45) is 5.59. The van der Waals surface area contributed by atoms with Crippen LogP contribution in [0, 0.1) is 0 Å². The second-order valence-corrected chi connectivity index (χ2v) is 10.7. The van der Waals surface area contributed by atoms with Crippen LogP contribution in [0.4, 0.5) is 11.8 Å². The molecule has 0 atom stereocenters. The van der Waals surface area contributed by atoms with Crippen molar-refractivity contribution in [3.05, 3.63) is 24.3 Å². The topological polar surface area (TPSA) is 101 Å². The number of fused-ring (bicyclic) bond motifs is 1. The largest absolute Gasteiger partial charge is 0.493 e. The van der Waals surface area contributed by atoms with E-state index in [4.69, 9.17) is 24.2 Å². The highest BCUT2D eigenvalue weighted by atomic mass is 16.5. The Morgan fingerprint density at radius 1 is 1.10 bits per heavy atom. The zero-order chi connectivity index (χ0) is 27.8. The molecule has 1 aromatic heterocycles. The van der Waals surface area contributed by atoms with Crippen LogP contribution in [-0.2, 0) is 9.53 Å². The smallest absolute Gasteiger partial charge is 0.334 e. The number of likely N-dealkylation sites (tertiary alicyclic amines) is 2. The minimum Gasteiger partial charge on any atom is -0.493 e. The molecule has 0 bridgehead atoms. The van der Waals surface area contributed by atoms with Crippen LogP contribution < -0.4 is 20.1 Å². The van der Waals surface area contributed by atoms with E-state index < -0.39 is 5.97 Å². The number of carbonyl (C=O) groups excluding carboxylic acids is 1. The van der Waals surface area contributed by atoms with E-state index in [-0.39, 0.29) is 6.54 Å². The zero-order valence-electron chi connectivity index (χ0n) is 23.9. The number of anilines is 2. The Kier molecular flexibility index (Phi) is 10.2. The molecular formula is C29H44N6O4. The number of methoxy groups -OCH3 is 2. The summed E-state index contributed by atoms with van der Waals surface area (Å²) < 4.78 is 16.7. The quantitative estimate of drug-likeness (QED) is 0.221. The third-order valence-corrected chi connectivity index (χ3v) is 7.59. The summed E-state index contributed by atoms with van der Waals surface area (Å²) in [6.45, 7) is 14.5. The van der Waals surface area contributed by atoms with Crippen LogP contribution in [0.3, 0.4) is 0 Å². The molecular weight excluding hydrogens is 496 g/mol. The molecule has 214 valence electrons. The van der Waals surface area contributed by atoms with Gasteiger partial charge < -0.3 is 34.6 Å². The van der Waals surface area contributed by atoms with Crippen LogP contribution in [0.25, 0.3) is 10.9 Å². The molecule has 2 aliphatic rings. The van der Waals surface area contributed by atoms with Crippen LogP contribution in [0.15, 0.2) is 24.3 Å². The number of ether oxygens (including phenoxy) is 3. The molecule has 0 aliphatic carbocycles. The van der Waals surface area contributed by atoms with Crippen LogP contribution in [-0.4, -0.2) is 97.9 Å². The number of rotatable bonds is 13. The first-order valence-corrected chi connectivity index (χ1v) is 14.1. The van der Waals surface area contributed by atoms with Crippen molar-refractivity contribution in [2.24, 2.45) is 0 Å². The number of hydrogen-bond donors (Lipinski definition) is 2. The van der Waals surface area contributed by atoms with Gasteiger partial charge in [0, 0.05) is 55.3 Å². The number of esters is 1. The van der Waals surface area contributed by atoms with Gasteiger partial charge in [-0.25, -0.2) is 9.78 Å². The SMILES string of the molecule is C=C(CNc1nc(NC2CCN(C(C)C)CC2)c2cc(OC)c(OCCCN3CCCC3)cc2n1)C(=O)OC. The number of nitrogens with one attached hydrogen (secondary N) is 2. The highest BCUT2D eigenvalue weighted by Crippen LogP contribution is 2.35. The van der Waals surface area contributed by atoms with E-state index in [9.17, 15) is 4.79 Å². The van der Waals surface area contributed by atoms with Gasteiger partial charge in [-0.05, 0) is 65.1 Å². The lowest BCUT2D eigenvalue weighted by molar-refractivity contribution is -0.136. The van der Waals surface area contributed by atoms with Crippen molar-refractivity contribution in [1.82, 2.24) is 19.8 Å². The third-order valence-electron chi connectivity index (χ3n) is 7.59. The minimum atomic E-state index is -0.465. The summed E-state index contributed by atoms with van der Waals surface area (Å²) >= 11 is 0. The number of benzene rings is 1. The van der Waals surface area contributed by atoms with Crippen molar-refractivity contribution >= 4 is 28.6 Å². The van der Waals surface area contributed by atoms with Crippen molar-refractivity contribution in [2.75, 3.05) is 70.7 Å². The van der Waals surface area contributed by atoms with Crippen molar-refractivity contribution in [3.8, 4) is 11.5 Å². The Morgan fingerprint density at radius 3 is 2.51 bits per heavy atom. The highest BCUT2D eigenvalue weighted by molar-refractivity contribution is 5.93. The number of aromatic nitrogens is 2. The van der Waals surface area contributed by atoms with Crippen molar-refractivity contribution < 1.29 is 19.0 Å². The lowest BCUT2D eigenvalue weighted by Crippen LogP contribution is -2.42. The van der Waals surface area contributed by atoms with E-state index in [0.717, 1.165) is 55.6 Å². The number of carbonyl (C=O) groups is 1. The van der Waals surface area contributed by atoms with Gasteiger partial charge in [0.2, 0.25) is 5.95 Å². The van der Waals surface area contributed by atoms with Crippen LogP contribution >= 0.6 is 0 Å². The van der Waals surface area contributed by atoms with Gasteiger partial charge in [0.25, 0.3) is 0 Å². The molecule has 10 nitrogen and oxygen atoms in total. The summed E-state index contributed by atoms with van der Waals surface area (Å²) in [7, 11) is 2.99. The Labute approximate surface area is 232 Å². The summed E-state index contributed by atoms with van der Waals surface area (Å²) in [4.78, 5) is 26.3. The molecule has 3 heterocycles. The number of piperidine rings is 1. The van der Waals surface area contributed by atoms with Crippen LogP contribution in [0.1, 0.15) is 46.0 Å². The molecule has 0 unspecified atom stereocenters. The maximum absolute atomic E-state index is 11.8. The van der Waals surface area contributed by atoms with Crippen molar-refractivity contribution in [3.63, 3.8) is 0 Å². The molecule has 1 aromatic carbocycles. The maximum Gasteiger partial charge on any atom is 0.334 e. The second kappa shape index (κ2) is 13.8. The molecule has 0 spiro atoms. The van der Waals surface area contributed by atoms with E-state index in [1.165, 1.54) is 33.0 Å². The van der Waals surface area contributed by atoms with Crippen molar-refractivity contribution in [2.45, 2.75) is 58.0 Å². The third kappa shape index (κ3) is 7.73. The molecule has 39 heavy (non-hydrogen) atoms. The summed E-state index contributed by atoms with van der Waals surface area (Å²) in [6, 6.07) is 4.71. The van der Waals surface area contributed by atoms with Crippen LogP contribution in [0.2, 0.25) is 0 Å². The van der Waals surface area contributed by atoms with Crippen LogP contribution in [0.5, 0.6) is 11.5 Å². The van der Waals surface area contributed by atoms with E-state index in [1.54, 1.807) is 7.11 Å². The zero-order valence-corrected chi connectivity index (χ0v) is 23.9. The molecule has 2 fully saturated rings. The average molecular weight is 541 g/mol. The normalized spacial score (nSPS) is 16.9. The minimum absolute atomic E-state index is 0.181. The van der Waals surface area contributed by atoms with E-state index in [0.29, 0.717) is 41.7 Å². The highest BCUT2D eigenvalue weighted by Gasteiger charge is 2.23. The predicted molar refractivity (Wildman–Crippen MR) is 155 cm³/mol. The lowest BCUT2D eigenvalue weighted by atomic mass is 10.0. The fraction of sp³-hybridized carbons (Fsp3) is 0.621. The molecule has 0 saturated carbocycles. The molecule has 2 N–H and O–H groups in total. The van der Waals surface area contributed by atoms with Gasteiger partial charge >= 0.3 is 5.97 Å². The Hall–Kier alpha value is -3.11. The molecule has 2 aromatic rings. The van der Waals surface area contributed by atoms with E-state index >= 15 is 0 Å². The molecule has 2 saturated heterocycles. The van der Waals surface area contributed by atoms with Gasteiger partial charge in [0.15, 0.2) is 11.5 Å². The van der Waals surface area contributed by atoms with Gasteiger partial charge in [-0.15, -0.1) is 0 Å². The molecule has 10 heteroatoms. The number of nitrogens with zero attached hydrogens (tertiary/aromatic N) is 4. The fourth-order valence-corrected chi connectivity index (χ4v) is 5.23. The standard InChI is InChI=1S/C29H44N6O4/c1-20(2)35-14-9-22(10-15-35)31-27-23-17-25(37-4)26(39-16-8-13-34-11-6-7-12-34)18-24(23)32-29(33-27)30-19-21(3)28(36)38-5/h17-18,20,22H,3,6-16,19H2,1-2,4-5H3,(H2,30,31,32,33). The number of hydrogen-bond acceptors (Lipinski definition) is 10. The summed E-state index contributed by atoms with van der Waals surface area (Å²) in [5.41, 5.74) is 1.03. The summed E-state index contributed by atoms with van der Waals surface area (Å²) in [5, 5.41) is 7.66. The van der Waals surface area contributed by atoms with Gasteiger partial charge in [-0.3, -0.25) is 0 Å². The monoisotopic (exact) mass is 540 g/mol. The lowest BCUT2D eigenvalue weighted by Gasteiger charge is -2.35. The first kappa shape index (κ1) is 28.9.